The smallest absolute Gasteiger partial charge is 0.251 e. The molecule has 0 aromatic heterocycles. The topological polar surface area (TPSA) is 145 Å². The number of amides is 2. The third-order valence-electron chi connectivity index (χ3n) is 4.27. The van der Waals surface area contributed by atoms with Crippen molar-refractivity contribution in [2.24, 2.45) is 11.5 Å². The first-order chi connectivity index (χ1) is 11.9. The Morgan fingerprint density at radius 3 is 2.28 bits per heavy atom. The lowest BCUT2D eigenvalue weighted by Crippen LogP contribution is -2.51. The molecule has 1 unspecified atom stereocenters. The van der Waals surface area contributed by atoms with Crippen molar-refractivity contribution < 1.29 is 14.7 Å². The summed E-state index contributed by atoms with van der Waals surface area (Å²) >= 11 is 0. The third kappa shape index (κ3) is 5.01. The lowest BCUT2D eigenvalue weighted by Gasteiger charge is -2.32. The molecule has 6 N–H and O–H groups in total. The van der Waals surface area contributed by atoms with Crippen molar-refractivity contribution in [3.8, 4) is 0 Å². The van der Waals surface area contributed by atoms with Gasteiger partial charge in [0.2, 0.25) is 5.91 Å². The van der Waals surface area contributed by atoms with Crippen molar-refractivity contribution in [1.82, 2.24) is 10.2 Å². The van der Waals surface area contributed by atoms with Gasteiger partial charge in [-0.25, -0.2) is 5.11 Å². The fourth-order valence-corrected chi connectivity index (χ4v) is 2.76. The van der Waals surface area contributed by atoms with Crippen molar-refractivity contribution >= 4 is 17.6 Å². The third-order valence-corrected chi connectivity index (χ3v) is 4.27. The fourth-order valence-electron chi connectivity index (χ4n) is 2.76. The second-order valence-corrected chi connectivity index (χ2v) is 6.12. The zero-order valence-corrected chi connectivity index (χ0v) is 14.0. The van der Waals surface area contributed by atoms with Crippen LogP contribution in [-0.2, 0) is 9.90 Å². The van der Waals surface area contributed by atoms with E-state index in [1.54, 1.807) is 29.2 Å². The highest BCUT2D eigenvalue weighted by Crippen LogP contribution is 2.13. The largest absolute Gasteiger partial charge is 0.384 e. The first kappa shape index (κ1) is 18.9. The van der Waals surface area contributed by atoms with Crippen molar-refractivity contribution in [3.05, 3.63) is 35.4 Å². The van der Waals surface area contributed by atoms with Gasteiger partial charge in [-0.05, 0) is 37.9 Å². The minimum absolute atomic E-state index is 0.0788. The average Bonchev–Trinajstić information content (AvgIpc) is 2.61. The highest BCUT2D eigenvalue weighted by Gasteiger charge is 2.29. The van der Waals surface area contributed by atoms with Crippen LogP contribution >= 0.6 is 0 Å². The number of nitrogens with zero attached hydrogens (tertiary/aromatic N) is 1. The zero-order valence-electron chi connectivity index (χ0n) is 14.0. The molecular weight excluding hydrogens is 322 g/mol. The van der Waals surface area contributed by atoms with E-state index in [0.29, 0.717) is 43.5 Å². The van der Waals surface area contributed by atoms with E-state index in [0.717, 1.165) is 0 Å². The molecule has 1 aliphatic heterocycles. The van der Waals surface area contributed by atoms with Gasteiger partial charge < -0.3 is 21.7 Å². The molecule has 2 amide bonds. The SMILES string of the molecule is N=C(N)c1ccc(C(=O)NC(CCN)C(=O)N2CCC([O])CC2)cc1. The number of nitrogen functional groups attached to an aromatic ring is 1. The molecule has 8 nitrogen and oxygen atoms in total. The van der Waals surface area contributed by atoms with Crippen LogP contribution in [0.2, 0.25) is 0 Å². The van der Waals surface area contributed by atoms with Crippen LogP contribution in [0.15, 0.2) is 24.3 Å². The first-order valence-corrected chi connectivity index (χ1v) is 8.32. The monoisotopic (exact) mass is 346 g/mol. The van der Waals surface area contributed by atoms with Gasteiger partial charge in [0.05, 0.1) is 6.10 Å². The number of nitrogens with two attached hydrogens (primary N) is 2. The van der Waals surface area contributed by atoms with E-state index in [1.165, 1.54) is 0 Å². The fraction of sp³-hybridized carbons (Fsp3) is 0.471. The quantitative estimate of drug-likeness (QED) is 0.419. The predicted octanol–water partition coefficient (Wildman–Crippen LogP) is -0.161. The van der Waals surface area contributed by atoms with E-state index in [9.17, 15) is 14.7 Å². The number of piperidine rings is 1. The average molecular weight is 346 g/mol. The molecule has 1 radical (unpaired) electrons. The number of rotatable bonds is 6. The highest BCUT2D eigenvalue weighted by molar-refractivity contribution is 5.99. The second kappa shape index (κ2) is 8.59. The molecule has 1 aromatic carbocycles. The van der Waals surface area contributed by atoms with Gasteiger partial charge in [0.25, 0.3) is 5.91 Å². The van der Waals surface area contributed by atoms with Crippen LogP contribution in [0.5, 0.6) is 0 Å². The summed E-state index contributed by atoms with van der Waals surface area (Å²) in [6, 6.07) is 5.55. The van der Waals surface area contributed by atoms with Crippen molar-refractivity contribution in [2.45, 2.75) is 31.4 Å². The minimum Gasteiger partial charge on any atom is -0.384 e. The van der Waals surface area contributed by atoms with Gasteiger partial charge >= 0.3 is 0 Å². The Morgan fingerprint density at radius 2 is 1.76 bits per heavy atom. The number of amidine groups is 1. The summed E-state index contributed by atoms with van der Waals surface area (Å²) < 4.78 is 0. The Hall–Kier alpha value is -2.45. The van der Waals surface area contributed by atoms with E-state index in [1.807, 2.05) is 0 Å². The molecule has 25 heavy (non-hydrogen) atoms. The molecule has 8 heteroatoms. The maximum Gasteiger partial charge on any atom is 0.251 e. The molecule has 1 aromatic rings. The van der Waals surface area contributed by atoms with E-state index in [4.69, 9.17) is 16.9 Å². The maximum atomic E-state index is 12.6. The number of benzene rings is 1. The predicted molar refractivity (Wildman–Crippen MR) is 92.7 cm³/mol. The van der Waals surface area contributed by atoms with E-state index in [-0.39, 0.29) is 24.2 Å². The molecule has 1 heterocycles. The van der Waals surface area contributed by atoms with Crippen molar-refractivity contribution in [3.63, 3.8) is 0 Å². The molecule has 1 atom stereocenters. The Labute approximate surface area is 146 Å². The van der Waals surface area contributed by atoms with Crippen LogP contribution in [0.25, 0.3) is 0 Å². The van der Waals surface area contributed by atoms with Crippen molar-refractivity contribution in [1.29, 1.82) is 5.41 Å². The summed E-state index contributed by atoms with van der Waals surface area (Å²) in [5.74, 6) is -0.670. The Morgan fingerprint density at radius 1 is 1.20 bits per heavy atom. The Kier molecular flexibility index (Phi) is 6.49. The summed E-state index contributed by atoms with van der Waals surface area (Å²) in [6.45, 7) is 1.09. The Bertz CT molecular complexity index is 624. The molecule has 1 aliphatic rings. The van der Waals surface area contributed by atoms with Crippen LogP contribution in [0.3, 0.4) is 0 Å². The zero-order chi connectivity index (χ0) is 18.4. The Balaban J connectivity index is 2.03. The van der Waals surface area contributed by atoms with Gasteiger partial charge in [-0.3, -0.25) is 15.0 Å². The van der Waals surface area contributed by atoms with Crippen LogP contribution in [0.4, 0.5) is 0 Å². The molecular formula is C17H24N5O3. The van der Waals surface area contributed by atoms with E-state index in [2.05, 4.69) is 5.32 Å². The molecule has 0 saturated carbocycles. The number of nitrogens with one attached hydrogen (secondary N) is 2. The van der Waals surface area contributed by atoms with Gasteiger partial charge in [0, 0.05) is 24.2 Å². The number of hydrogen-bond donors (Lipinski definition) is 4. The molecule has 2 rings (SSSR count). The van der Waals surface area contributed by atoms with Crippen molar-refractivity contribution in [2.75, 3.05) is 19.6 Å². The normalized spacial score (nSPS) is 16.3. The molecule has 0 bridgehead atoms. The summed E-state index contributed by atoms with van der Waals surface area (Å²) in [7, 11) is 0. The van der Waals surface area contributed by atoms with Crippen LogP contribution in [-0.4, -0.2) is 54.3 Å². The van der Waals surface area contributed by atoms with Gasteiger partial charge in [-0.1, -0.05) is 12.1 Å². The summed E-state index contributed by atoms with van der Waals surface area (Å²) in [5.41, 5.74) is 11.9. The number of carbonyl (C=O) groups excluding carboxylic acids is 2. The van der Waals surface area contributed by atoms with E-state index >= 15 is 0 Å². The number of carbonyl (C=O) groups is 2. The summed E-state index contributed by atoms with van der Waals surface area (Å²) in [5, 5.41) is 21.5. The highest BCUT2D eigenvalue weighted by atomic mass is 16.3. The van der Waals surface area contributed by atoms with Gasteiger partial charge in [-0.15, -0.1) is 0 Å². The summed E-state index contributed by atoms with van der Waals surface area (Å²) in [6.07, 6.45) is 0.572. The minimum atomic E-state index is -0.715. The number of hydrogen-bond acceptors (Lipinski definition) is 4. The number of likely N-dealkylation sites (tertiary alicyclic amines) is 1. The van der Waals surface area contributed by atoms with Gasteiger partial charge in [0.15, 0.2) is 0 Å². The van der Waals surface area contributed by atoms with Gasteiger partial charge in [0.1, 0.15) is 11.9 Å². The second-order valence-electron chi connectivity index (χ2n) is 6.12. The molecule has 135 valence electrons. The molecule has 0 spiro atoms. The standard InChI is InChI=1S/C17H24N5O3/c18-8-5-14(17(25)22-9-6-13(23)7-10-22)21-16(24)12-3-1-11(2-4-12)15(19)20/h1-4,13-14H,5-10,18H2,(H3,19,20)(H,21,24). The van der Waals surface area contributed by atoms with Crippen LogP contribution in [0.1, 0.15) is 35.2 Å². The van der Waals surface area contributed by atoms with Gasteiger partial charge in [-0.2, -0.15) is 0 Å². The lowest BCUT2D eigenvalue weighted by molar-refractivity contribution is -0.135. The molecule has 1 fully saturated rings. The van der Waals surface area contributed by atoms with E-state index < -0.39 is 12.1 Å². The molecule has 0 aliphatic carbocycles. The first-order valence-electron chi connectivity index (χ1n) is 8.32. The lowest BCUT2D eigenvalue weighted by atomic mass is 10.1. The molecule has 1 saturated heterocycles. The summed E-state index contributed by atoms with van der Waals surface area (Å²) in [4.78, 5) is 26.6. The van der Waals surface area contributed by atoms with Crippen LogP contribution in [0, 0.1) is 5.41 Å². The van der Waals surface area contributed by atoms with Crippen LogP contribution < -0.4 is 16.8 Å². The maximum absolute atomic E-state index is 12.6.